The number of nitrogens with one attached hydrogen (secondary N) is 2. The Labute approximate surface area is 190 Å². The fraction of sp³-hybridized carbons (Fsp3) is 0.696. The number of sulfonamides is 1. The minimum absolute atomic E-state index is 0.0437. The molecule has 1 aliphatic heterocycles. The molecule has 1 heterocycles. The second kappa shape index (κ2) is 8.23. The average molecular weight is 466 g/mol. The van der Waals surface area contributed by atoms with Crippen molar-refractivity contribution < 1.29 is 13.2 Å². The Morgan fingerprint density at radius 2 is 1.77 bits per heavy atom. The van der Waals surface area contributed by atoms with Gasteiger partial charge in [-0.1, -0.05) is 24.1 Å². The summed E-state index contributed by atoms with van der Waals surface area (Å²) in [4.78, 5) is 13.0. The van der Waals surface area contributed by atoms with E-state index in [1.54, 1.807) is 22.5 Å². The third kappa shape index (κ3) is 4.33. The Morgan fingerprint density at radius 1 is 1.10 bits per heavy atom. The minimum atomic E-state index is -3.65. The molecule has 1 unspecified atom stereocenters. The van der Waals surface area contributed by atoms with E-state index < -0.39 is 10.0 Å². The van der Waals surface area contributed by atoms with Gasteiger partial charge in [-0.15, -0.1) is 0 Å². The first-order valence-corrected chi connectivity index (χ1v) is 13.5. The highest BCUT2D eigenvalue weighted by molar-refractivity contribution is 7.89. The van der Waals surface area contributed by atoms with Crippen LogP contribution in [0, 0.1) is 17.8 Å². The number of hydrogen-bond acceptors (Lipinski definition) is 3. The van der Waals surface area contributed by atoms with Crippen molar-refractivity contribution in [1.29, 1.82) is 0 Å². The number of rotatable bonds is 5. The molecule has 5 aliphatic rings. The zero-order valence-corrected chi connectivity index (χ0v) is 19.4. The van der Waals surface area contributed by atoms with E-state index in [0.29, 0.717) is 18.1 Å². The molecule has 31 heavy (non-hydrogen) atoms. The molecule has 1 atom stereocenters. The van der Waals surface area contributed by atoms with E-state index in [4.69, 9.17) is 11.6 Å². The van der Waals surface area contributed by atoms with Gasteiger partial charge < -0.3 is 10.6 Å². The largest absolute Gasteiger partial charge is 0.337 e. The number of piperidine rings is 1. The predicted molar refractivity (Wildman–Crippen MR) is 120 cm³/mol. The van der Waals surface area contributed by atoms with E-state index in [9.17, 15) is 13.2 Å². The Kier molecular flexibility index (Phi) is 5.72. The van der Waals surface area contributed by atoms with Crippen LogP contribution in [0.5, 0.6) is 0 Å². The highest BCUT2D eigenvalue weighted by Crippen LogP contribution is 2.55. The molecular weight excluding hydrogens is 434 g/mol. The maximum absolute atomic E-state index is 13.2. The van der Waals surface area contributed by atoms with Crippen LogP contribution in [-0.4, -0.2) is 43.4 Å². The number of benzene rings is 1. The molecular formula is C23H32ClN3O3S. The van der Waals surface area contributed by atoms with Crippen molar-refractivity contribution in [2.45, 2.75) is 74.3 Å². The lowest BCUT2D eigenvalue weighted by Gasteiger charge is -2.56. The number of carbonyl (C=O) groups is 1. The van der Waals surface area contributed by atoms with Gasteiger partial charge in [0, 0.05) is 29.7 Å². The lowest BCUT2D eigenvalue weighted by molar-refractivity contribution is -0.0135. The van der Waals surface area contributed by atoms with Crippen molar-refractivity contribution in [3.8, 4) is 0 Å². The summed E-state index contributed by atoms with van der Waals surface area (Å²) in [6.45, 7) is 0.801. The summed E-state index contributed by atoms with van der Waals surface area (Å²) in [7, 11) is -3.65. The Balaban J connectivity index is 1.23. The van der Waals surface area contributed by atoms with E-state index in [1.165, 1.54) is 25.3 Å². The van der Waals surface area contributed by atoms with E-state index in [2.05, 4.69) is 10.6 Å². The van der Waals surface area contributed by atoms with Gasteiger partial charge in [-0.3, -0.25) is 0 Å². The van der Waals surface area contributed by atoms with Crippen molar-refractivity contribution in [2.24, 2.45) is 17.8 Å². The third-order valence-corrected chi connectivity index (χ3v) is 10.1. The van der Waals surface area contributed by atoms with Gasteiger partial charge in [-0.25, -0.2) is 13.2 Å². The van der Waals surface area contributed by atoms with Crippen LogP contribution in [0.3, 0.4) is 0 Å². The molecule has 0 spiro atoms. The molecule has 170 valence electrons. The lowest BCUT2D eigenvalue weighted by Crippen LogP contribution is -2.62. The van der Waals surface area contributed by atoms with Gasteiger partial charge in [0.05, 0.1) is 4.90 Å². The van der Waals surface area contributed by atoms with Crippen LogP contribution in [0.25, 0.3) is 0 Å². The van der Waals surface area contributed by atoms with Crippen molar-refractivity contribution >= 4 is 27.7 Å². The summed E-state index contributed by atoms with van der Waals surface area (Å²) in [5, 5.41) is 6.74. The van der Waals surface area contributed by atoms with Gasteiger partial charge in [-0.2, -0.15) is 4.31 Å². The predicted octanol–water partition coefficient (Wildman–Crippen LogP) is 4.15. The quantitative estimate of drug-likeness (QED) is 0.685. The summed E-state index contributed by atoms with van der Waals surface area (Å²) in [5.41, 5.74) is -0.0437. The Bertz CT molecular complexity index is 916. The highest BCUT2D eigenvalue weighted by Gasteiger charge is 2.51. The molecule has 2 amide bonds. The summed E-state index contributed by atoms with van der Waals surface area (Å²) in [5.74, 6) is 2.30. The van der Waals surface area contributed by atoms with E-state index in [-0.39, 0.29) is 22.5 Å². The topological polar surface area (TPSA) is 78.5 Å². The number of carbonyl (C=O) groups excluding carboxylic acids is 1. The summed E-state index contributed by atoms with van der Waals surface area (Å²) in [6, 6.07) is 6.03. The fourth-order valence-corrected chi connectivity index (χ4v) is 9.01. The molecule has 0 aromatic heterocycles. The van der Waals surface area contributed by atoms with E-state index in [1.807, 2.05) is 0 Å². The molecule has 2 N–H and O–H groups in total. The first kappa shape index (κ1) is 21.5. The fourth-order valence-electron chi connectivity index (χ4n) is 7.02. The van der Waals surface area contributed by atoms with Crippen molar-refractivity contribution in [3.63, 3.8) is 0 Å². The second-order valence-electron chi connectivity index (χ2n) is 10.3. The van der Waals surface area contributed by atoms with Gasteiger partial charge in [0.15, 0.2) is 0 Å². The standard InChI is InChI=1S/C23H32ClN3O3S/c24-19-4-3-6-21(11-19)31(29,30)27-7-2-1-5-20(27)15-25-22(28)26-23-12-16-8-17(13-23)10-18(9-16)14-23/h3-4,6,11,16-18,20H,1-2,5,7-10,12-15H2,(H2,25,26,28). The smallest absolute Gasteiger partial charge is 0.315 e. The van der Waals surface area contributed by atoms with Crippen LogP contribution in [0.2, 0.25) is 5.02 Å². The molecule has 0 radical (unpaired) electrons. The number of nitrogens with zero attached hydrogens (tertiary/aromatic N) is 1. The summed E-state index contributed by atoms with van der Waals surface area (Å²) in [6.07, 6.45) is 9.85. The molecule has 8 heteroatoms. The van der Waals surface area contributed by atoms with E-state index >= 15 is 0 Å². The molecule has 1 saturated heterocycles. The molecule has 1 aromatic rings. The highest BCUT2D eigenvalue weighted by atomic mass is 35.5. The zero-order valence-electron chi connectivity index (χ0n) is 17.9. The normalized spacial score (nSPS) is 35.1. The maximum atomic E-state index is 13.2. The van der Waals surface area contributed by atoms with E-state index in [0.717, 1.165) is 56.3 Å². The molecule has 6 nitrogen and oxygen atoms in total. The first-order chi connectivity index (χ1) is 14.8. The molecule has 4 bridgehead atoms. The number of hydrogen-bond donors (Lipinski definition) is 2. The number of urea groups is 1. The summed E-state index contributed by atoms with van der Waals surface area (Å²) >= 11 is 6.03. The molecule has 6 rings (SSSR count). The Morgan fingerprint density at radius 3 is 2.42 bits per heavy atom. The molecule has 4 aliphatic carbocycles. The first-order valence-electron chi connectivity index (χ1n) is 11.7. The van der Waals surface area contributed by atoms with Crippen molar-refractivity contribution in [1.82, 2.24) is 14.9 Å². The molecule has 1 aromatic carbocycles. The van der Waals surface area contributed by atoms with Crippen LogP contribution in [0.1, 0.15) is 57.8 Å². The van der Waals surface area contributed by atoms with Crippen LogP contribution in [-0.2, 0) is 10.0 Å². The molecule has 4 saturated carbocycles. The SMILES string of the molecule is O=C(NCC1CCCCN1S(=O)(=O)c1cccc(Cl)c1)NC12CC3CC(CC(C3)C1)C2. The van der Waals surface area contributed by atoms with Crippen LogP contribution >= 0.6 is 11.6 Å². The summed E-state index contributed by atoms with van der Waals surface area (Å²) < 4.78 is 28.0. The van der Waals surface area contributed by atoms with Crippen molar-refractivity contribution in [3.05, 3.63) is 29.3 Å². The Hall–Kier alpha value is -1.31. The third-order valence-electron chi connectivity index (χ3n) is 7.89. The van der Waals surface area contributed by atoms with Gasteiger partial charge >= 0.3 is 6.03 Å². The lowest BCUT2D eigenvalue weighted by atomic mass is 9.53. The van der Waals surface area contributed by atoms with Gasteiger partial charge in [0.2, 0.25) is 10.0 Å². The number of amides is 2. The van der Waals surface area contributed by atoms with Gasteiger partial charge in [0.25, 0.3) is 0 Å². The molecule has 5 fully saturated rings. The van der Waals surface area contributed by atoms with Crippen LogP contribution < -0.4 is 10.6 Å². The van der Waals surface area contributed by atoms with Crippen LogP contribution in [0.4, 0.5) is 4.79 Å². The maximum Gasteiger partial charge on any atom is 0.315 e. The van der Waals surface area contributed by atoms with Gasteiger partial charge in [-0.05, 0) is 87.3 Å². The zero-order chi connectivity index (χ0) is 21.6. The number of halogens is 1. The average Bonchev–Trinajstić information content (AvgIpc) is 2.71. The van der Waals surface area contributed by atoms with Gasteiger partial charge in [0.1, 0.15) is 0 Å². The second-order valence-corrected chi connectivity index (χ2v) is 12.6. The van der Waals surface area contributed by atoms with Crippen molar-refractivity contribution in [2.75, 3.05) is 13.1 Å². The van der Waals surface area contributed by atoms with Crippen LogP contribution in [0.15, 0.2) is 29.2 Å². The minimum Gasteiger partial charge on any atom is -0.337 e. The monoisotopic (exact) mass is 465 g/mol.